The predicted octanol–water partition coefficient (Wildman–Crippen LogP) is 2.42. The summed E-state index contributed by atoms with van der Waals surface area (Å²) in [5, 5.41) is 9.56. The summed E-state index contributed by atoms with van der Waals surface area (Å²) >= 11 is 0. The highest BCUT2D eigenvalue weighted by atomic mass is 16.5. The Hall–Kier alpha value is -1.25. The highest BCUT2D eigenvalue weighted by Crippen LogP contribution is 2.28. The van der Waals surface area contributed by atoms with E-state index in [4.69, 9.17) is 4.74 Å². The lowest BCUT2D eigenvalue weighted by Crippen LogP contribution is -2.11. The van der Waals surface area contributed by atoms with Crippen LogP contribution < -0.4 is 4.74 Å². The van der Waals surface area contributed by atoms with Crippen molar-refractivity contribution in [1.82, 2.24) is 4.98 Å². The van der Waals surface area contributed by atoms with Crippen LogP contribution in [0.15, 0.2) is 12.3 Å². The predicted molar refractivity (Wildman–Crippen MR) is 53.5 cm³/mol. The standard InChI is InChI=1S/C11H15NO2/c1-8-6-10(13)11(12-7-8)14-9-4-2-3-5-9/h6-7,9,13H,2-5H2,1H3. The van der Waals surface area contributed by atoms with Crippen molar-refractivity contribution in [2.75, 3.05) is 0 Å². The summed E-state index contributed by atoms with van der Waals surface area (Å²) in [6, 6.07) is 1.68. The van der Waals surface area contributed by atoms with Gasteiger partial charge in [-0.2, -0.15) is 0 Å². The zero-order valence-corrected chi connectivity index (χ0v) is 8.36. The summed E-state index contributed by atoms with van der Waals surface area (Å²) in [4.78, 5) is 4.07. The van der Waals surface area contributed by atoms with Crippen LogP contribution in [0.2, 0.25) is 0 Å². The van der Waals surface area contributed by atoms with Gasteiger partial charge in [0.1, 0.15) is 6.10 Å². The molecule has 0 unspecified atom stereocenters. The number of pyridine rings is 1. The summed E-state index contributed by atoms with van der Waals surface area (Å²) in [7, 11) is 0. The minimum atomic E-state index is 0.150. The Morgan fingerprint density at radius 3 is 2.79 bits per heavy atom. The maximum atomic E-state index is 9.56. The second-order valence-corrected chi connectivity index (χ2v) is 3.86. The fourth-order valence-corrected chi connectivity index (χ4v) is 1.80. The highest BCUT2D eigenvalue weighted by molar-refractivity contribution is 5.34. The first kappa shape index (κ1) is 9.31. The van der Waals surface area contributed by atoms with E-state index in [0.29, 0.717) is 5.88 Å². The van der Waals surface area contributed by atoms with Crippen molar-refractivity contribution in [3.63, 3.8) is 0 Å². The average Bonchev–Trinajstić information content (AvgIpc) is 2.62. The fourth-order valence-electron chi connectivity index (χ4n) is 1.80. The van der Waals surface area contributed by atoms with Crippen LogP contribution in [0, 0.1) is 6.92 Å². The van der Waals surface area contributed by atoms with Crippen molar-refractivity contribution in [2.45, 2.75) is 38.7 Å². The van der Waals surface area contributed by atoms with E-state index in [-0.39, 0.29) is 11.9 Å². The van der Waals surface area contributed by atoms with Crippen LogP contribution in [0.5, 0.6) is 11.6 Å². The minimum Gasteiger partial charge on any atom is -0.503 e. The Bertz CT molecular complexity index is 319. The minimum absolute atomic E-state index is 0.150. The summed E-state index contributed by atoms with van der Waals surface area (Å²) in [6.07, 6.45) is 6.55. The molecule has 1 fully saturated rings. The van der Waals surface area contributed by atoms with Crippen LogP contribution in [-0.2, 0) is 0 Å². The number of nitrogens with zero attached hydrogens (tertiary/aromatic N) is 1. The number of hydrogen-bond acceptors (Lipinski definition) is 3. The number of hydrogen-bond donors (Lipinski definition) is 1. The van der Waals surface area contributed by atoms with Crippen LogP contribution in [-0.4, -0.2) is 16.2 Å². The fraction of sp³-hybridized carbons (Fsp3) is 0.545. The average molecular weight is 193 g/mol. The van der Waals surface area contributed by atoms with Crippen LogP contribution in [0.25, 0.3) is 0 Å². The molecule has 0 radical (unpaired) electrons. The van der Waals surface area contributed by atoms with E-state index < -0.39 is 0 Å². The van der Waals surface area contributed by atoms with Gasteiger partial charge >= 0.3 is 0 Å². The van der Waals surface area contributed by atoms with E-state index in [1.165, 1.54) is 12.8 Å². The normalized spacial score (nSPS) is 17.2. The van der Waals surface area contributed by atoms with Gasteiger partial charge in [0.15, 0.2) is 5.75 Å². The molecule has 0 aliphatic heterocycles. The molecule has 0 bridgehead atoms. The van der Waals surface area contributed by atoms with Crippen molar-refractivity contribution < 1.29 is 9.84 Å². The molecule has 1 aromatic rings. The first-order chi connectivity index (χ1) is 6.75. The zero-order chi connectivity index (χ0) is 9.97. The monoisotopic (exact) mass is 193 g/mol. The van der Waals surface area contributed by atoms with E-state index >= 15 is 0 Å². The van der Waals surface area contributed by atoms with Gasteiger partial charge in [0.05, 0.1) is 0 Å². The zero-order valence-electron chi connectivity index (χ0n) is 8.36. The lowest BCUT2D eigenvalue weighted by Gasteiger charge is -2.12. The first-order valence-electron chi connectivity index (χ1n) is 5.08. The molecule has 1 aromatic heterocycles. The molecule has 0 spiro atoms. The number of aromatic nitrogens is 1. The molecule has 0 amide bonds. The Morgan fingerprint density at radius 1 is 1.43 bits per heavy atom. The largest absolute Gasteiger partial charge is 0.503 e. The molecule has 14 heavy (non-hydrogen) atoms. The van der Waals surface area contributed by atoms with Gasteiger partial charge in [0.25, 0.3) is 5.88 Å². The molecule has 1 saturated carbocycles. The lowest BCUT2D eigenvalue weighted by molar-refractivity contribution is 0.193. The maximum Gasteiger partial charge on any atom is 0.257 e. The van der Waals surface area contributed by atoms with E-state index in [1.54, 1.807) is 12.3 Å². The van der Waals surface area contributed by atoms with Crippen LogP contribution in [0.1, 0.15) is 31.2 Å². The van der Waals surface area contributed by atoms with E-state index in [9.17, 15) is 5.11 Å². The van der Waals surface area contributed by atoms with Crippen molar-refractivity contribution >= 4 is 0 Å². The molecule has 3 nitrogen and oxygen atoms in total. The number of aromatic hydroxyl groups is 1. The highest BCUT2D eigenvalue weighted by Gasteiger charge is 2.18. The SMILES string of the molecule is Cc1cnc(OC2CCCC2)c(O)c1. The number of ether oxygens (including phenoxy) is 1. The summed E-state index contributed by atoms with van der Waals surface area (Å²) < 4.78 is 5.60. The van der Waals surface area contributed by atoms with Crippen LogP contribution >= 0.6 is 0 Å². The molecule has 1 N–H and O–H groups in total. The second-order valence-electron chi connectivity index (χ2n) is 3.86. The quantitative estimate of drug-likeness (QED) is 0.784. The third-order valence-corrected chi connectivity index (χ3v) is 2.55. The Labute approximate surface area is 83.7 Å². The van der Waals surface area contributed by atoms with E-state index in [2.05, 4.69) is 4.98 Å². The molecule has 0 aromatic carbocycles. The Kier molecular flexibility index (Phi) is 2.57. The molecule has 76 valence electrons. The molecular formula is C11H15NO2. The van der Waals surface area contributed by atoms with Gasteiger partial charge in [-0.3, -0.25) is 0 Å². The van der Waals surface area contributed by atoms with Crippen LogP contribution in [0.3, 0.4) is 0 Å². The van der Waals surface area contributed by atoms with E-state index in [0.717, 1.165) is 18.4 Å². The molecule has 3 heteroatoms. The van der Waals surface area contributed by atoms with Crippen LogP contribution in [0.4, 0.5) is 0 Å². The Morgan fingerprint density at radius 2 is 2.14 bits per heavy atom. The van der Waals surface area contributed by atoms with Crippen molar-refractivity contribution in [3.05, 3.63) is 17.8 Å². The molecule has 1 aliphatic carbocycles. The van der Waals surface area contributed by atoms with E-state index in [1.807, 2.05) is 6.92 Å². The van der Waals surface area contributed by atoms with Gasteiger partial charge < -0.3 is 9.84 Å². The van der Waals surface area contributed by atoms with Crippen molar-refractivity contribution in [3.8, 4) is 11.6 Å². The summed E-state index contributed by atoms with van der Waals surface area (Å²) in [5.74, 6) is 0.527. The van der Waals surface area contributed by atoms with Crippen molar-refractivity contribution in [1.29, 1.82) is 0 Å². The number of rotatable bonds is 2. The lowest BCUT2D eigenvalue weighted by atomic mass is 10.3. The van der Waals surface area contributed by atoms with Gasteiger partial charge in [-0.15, -0.1) is 0 Å². The van der Waals surface area contributed by atoms with Gasteiger partial charge in [0.2, 0.25) is 0 Å². The number of aryl methyl sites for hydroxylation is 1. The van der Waals surface area contributed by atoms with Gasteiger partial charge in [-0.25, -0.2) is 4.98 Å². The third-order valence-electron chi connectivity index (χ3n) is 2.55. The second kappa shape index (κ2) is 3.86. The topological polar surface area (TPSA) is 42.4 Å². The van der Waals surface area contributed by atoms with Gasteiger partial charge in [-0.05, 0) is 44.2 Å². The van der Waals surface area contributed by atoms with Crippen molar-refractivity contribution in [2.24, 2.45) is 0 Å². The maximum absolute atomic E-state index is 9.56. The summed E-state index contributed by atoms with van der Waals surface area (Å²) in [6.45, 7) is 1.89. The summed E-state index contributed by atoms with van der Waals surface area (Å²) in [5.41, 5.74) is 0.946. The molecule has 2 rings (SSSR count). The molecule has 0 atom stereocenters. The van der Waals surface area contributed by atoms with Gasteiger partial charge in [-0.1, -0.05) is 0 Å². The smallest absolute Gasteiger partial charge is 0.257 e. The molecule has 0 saturated heterocycles. The van der Waals surface area contributed by atoms with Gasteiger partial charge in [0, 0.05) is 6.20 Å². The third kappa shape index (κ3) is 1.97. The Balaban J connectivity index is 2.08. The first-order valence-corrected chi connectivity index (χ1v) is 5.08. The molecule has 1 aliphatic rings. The molecular weight excluding hydrogens is 178 g/mol. The molecule has 1 heterocycles.